The molecule has 0 radical (unpaired) electrons. The van der Waals surface area contributed by atoms with Crippen molar-refractivity contribution in [3.8, 4) is 16.9 Å². The fourth-order valence-electron chi connectivity index (χ4n) is 3.51. The Kier molecular flexibility index (Phi) is 3.65. The first-order chi connectivity index (χ1) is 11.2. The van der Waals surface area contributed by atoms with Gasteiger partial charge in [0.05, 0.1) is 18.8 Å². The highest BCUT2D eigenvalue weighted by Crippen LogP contribution is 2.39. The molecule has 0 unspecified atom stereocenters. The molecule has 0 spiro atoms. The lowest BCUT2D eigenvalue weighted by molar-refractivity contribution is 0.0825. The Morgan fingerprint density at radius 2 is 2.13 bits per heavy atom. The minimum atomic E-state index is -0.321. The Hall–Kier alpha value is -2.14. The van der Waals surface area contributed by atoms with Crippen LogP contribution in [-0.2, 0) is 4.74 Å². The number of halogens is 1. The van der Waals surface area contributed by atoms with Crippen LogP contribution in [0.5, 0.6) is 5.75 Å². The Labute approximate surface area is 134 Å². The molecule has 2 aliphatic heterocycles. The standard InChI is InChI=1S/C18H19FN2O2/c19-14-5-12(11-1-4-18(20)21-9-11)6-16(8-14)22-10-13-7-15-2-3-17(13)23-15/h1,4-6,8-9,13,15,17H,2-3,7,10H2,(H2,20,21)/t13-,15+,17-/m1/s1. The third kappa shape index (κ3) is 3.01. The van der Waals surface area contributed by atoms with Gasteiger partial charge in [-0.2, -0.15) is 0 Å². The van der Waals surface area contributed by atoms with Crippen LogP contribution in [-0.4, -0.2) is 23.8 Å². The number of nitrogens with zero attached hydrogens (tertiary/aromatic N) is 1. The molecule has 2 aromatic rings. The highest BCUT2D eigenvalue weighted by atomic mass is 19.1. The number of hydrogen-bond acceptors (Lipinski definition) is 4. The fraction of sp³-hybridized carbons (Fsp3) is 0.389. The smallest absolute Gasteiger partial charge is 0.127 e. The molecule has 4 nitrogen and oxygen atoms in total. The van der Waals surface area contributed by atoms with Gasteiger partial charge in [0.25, 0.3) is 0 Å². The monoisotopic (exact) mass is 314 g/mol. The van der Waals surface area contributed by atoms with E-state index >= 15 is 0 Å². The van der Waals surface area contributed by atoms with Gasteiger partial charge in [0.2, 0.25) is 0 Å². The zero-order chi connectivity index (χ0) is 15.8. The lowest BCUT2D eigenvalue weighted by Crippen LogP contribution is -2.23. The van der Waals surface area contributed by atoms with E-state index in [9.17, 15) is 4.39 Å². The summed E-state index contributed by atoms with van der Waals surface area (Å²) in [6, 6.07) is 8.26. The molecule has 120 valence electrons. The van der Waals surface area contributed by atoms with Crippen LogP contribution in [0.4, 0.5) is 10.2 Å². The molecule has 0 saturated carbocycles. The highest BCUT2D eigenvalue weighted by molar-refractivity contribution is 5.65. The van der Waals surface area contributed by atoms with E-state index < -0.39 is 0 Å². The molecular weight excluding hydrogens is 295 g/mol. The molecule has 2 saturated heterocycles. The van der Waals surface area contributed by atoms with Crippen LogP contribution in [0.25, 0.3) is 11.1 Å². The quantitative estimate of drug-likeness (QED) is 0.939. The number of benzene rings is 1. The van der Waals surface area contributed by atoms with Crippen molar-refractivity contribution in [3.05, 3.63) is 42.3 Å². The summed E-state index contributed by atoms with van der Waals surface area (Å²) in [5.74, 6) is 1.08. The molecule has 0 amide bonds. The summed E-state index contributed by atoms with van der Waals surface area (Å²) < 4.78 is 25.6. The Morgan fingerprint density at radius 3 is 2.83 bits per heavy atom. The van der Waals surface area contributed by atoms with Gasteiger partial charge in [-0.05, 0) is 49.1 Å². The third-order valence-corrected chi connectivity index (χ3v) is 4.69. The maximum Gasteiger partial charge on any atom is 0.127 e. The molecule has 4 rings (SSSR count). The van der Waals surface area contributed by atoms with Crippen LogP contribution >= 0.6 is 0 Å². The summed E-state index contributed by atoms with van der Waals surface area (Å²) in [5.41, 5.74) is 7.13. The zero-order valence-electron chi connectivity index (χ0n) is 12.7. The number of fused-ring (bicyclic) bond motifs is 2. The molecule has 2 bridgehead atoms. The molecular formula is C18H19FN2O2. The highest BCUT2D eigenvalue weighted by Gasteiger charge is 2.40. The Morgan fingerprint density at radius 1 is 1.22 bits per heavy atom. The van der Waals surface area contributed by atoms with Gasteiger partial charge < -0.3 is 15.2 Å². The van der Waals surface area contributed by atoms with Crippen molar-refractivity contribution in [2.45, 2.75) is 31.5 Å². The maximum atomic E-state index is 13.9. The van der Waals surface area contributed by atoms with Crippen molar-refractivity contribution in [3.63, 3.8) is 0 Å². The van der Waals surface area contributed by atoms with Crippen molar-refractivity contribution in [1.82, 2.24) is 4.98 Å². The number of hydrogen-bond donors (Lipinski definition) is 1. The lowest BCUT2D eigenvalue weighted by Gasteiger charge is -2.19. The van der Waals surface area contributed by atoms with Gasteiger partial charge in [-0.15, -0.1) is 0 Å². The minimum Gasteiger partial charge on any atom is -0.493 e. The van der Waals surface area contributed by atoms with E-state index in [0.29, 0.717) is 36.3 Å². The average Bonchev–Trinajstić information content (AvgIpc) is 3.16. The molecule has 2 N–H and O–H groups in total. The van der Waals surface area contributed by atoms with E-state index in [2.05, 4.69) is 4.98 Å². The fourth-order valence-corrected chi connectivity index (χ4v) is 3.51. The van der Waals surface area contributed by atoms with Crippen molar-refractivity contribution in [1.29, 1.82) is 0 Å². The first kappa shape index (κ1) is 14.5. The number of ether oxygens (including phenoxy) is 2. The van der Waals surface area contributed by atoms with Crippen LogP contribution in [0.2, 0.25) is 0 Å². The summed E-state index contributed by atoms with van der Waals surface area (Å²) in [6.07, 6.45) is 5.68. The molecule has 2 aliphatic rings. The zero-order valence-corrected chi connectivity index (χ0v) is 12.7. The number of pyridine rings is 1. The number of aromatic nitrogens is 1. The van der Waals surface area contributed by atoms with Gasteiger partial charge >= 0.3 is 0 Å². The maximum absolute atomic E-state index is 13.9. The number of anilines is 1. The van der Waals surface area contributed by atoms with Crippen molar-refractivity contribution in [2.75, 3.05) is 12.3 Å². The molecule has 0 aliphatic carbocycles. The van der Waals surface area contributed by atoms with E-state index in [4.69, 9.17) is 15.2 Å². The predicted molar refractivity (Wildman–Crippen MR) is 85.5 cm³/mol. The Bertz CT molecular complexity index is 705. The molecule has 3 heterocycles. The second kappa shape index (κ2) is 5.81. The molecule has 23 heavy (non-hydrogen) atoms. The third-order valence-electron chi connectivity index (χ3n) is 4.69. The first-order valence-corrected chi connectivity index (χ1v) is 7.98. The van der Waals surface area contributed by atoms with Crippen molar-refractivity contribution >= 4 is 5.82 Å². The van der Waals surface area contributed by atoms with Gasteiger partial charge in [-0.1, -0.05) is 0 Å². The molecule has 2 fully saturated rings. The van der Waals surface area contributed by atoms with Gasteiger partial charge in [-0.3, -0.25) is 0 Å². The van der Waals surface area contributed by atoms with Gasteiger partial charge in [0.15, 0.2) is 0 Å². The van der Waals surface area contributed by atoms with Gasteiger partial charge in [0.1, 0.15) is 17.4 Å². The van der Waals surface area contributed by atoms with E-state index in [-0.39, 0.29) is 5.82 Å². The van der Waals surface area contributed by atoms with Crippen LogP contribution < -0.4 is 10.5 Å². The van der Waals surface area contributed by atoms with Gasteiger partial charge in [-0.25, -0.2) is 9.37 Å². The SMILES string of the molecule is Nc1ccc(-c2cc(F)cc(OC[C@H]3C[C@@H]4CC[C@H]3O4)c2)cn1. The number of nitrogen functional groups attached to an aromatic ring is 1. The van der Waals surface area contributed by atoms with E-state index in [0.717, 1.165) is 30.4 Å². The summed E-state index contributed by atoms with van der Waals surface area (Å²) in [5, 5.41) is 0. The number of nitrogens with two attached hydrogens (primary N) is 1. The minimum absolute atomic E-state index is 0.314. The van der Waals surface area contributed by atoms with Crippen LogP contribution in [0.1, 0.15) is 19.3 Å². The molecule has 5 heteroatoms. The van der Waals surface area contributed by atoms with Crippen LogP contribution in [0.15, 0.2) is 36.5 Å². The summed E-state index contributed by atoms with van der Waals surface area (Å²) in [6.45, 7) is 0.573. The van der Waals surface area contributed by atoms with Crippen molar-refractivity contribution < 1.29 is 13.9 Å². The molecule has 1 aromatic carbocycles. The predicted octanol–water partition coefficient (Wildman–Crippen LogP) is 3.42. The van der Waals surface area contributed by atoms with Gasteiger partial charge in [0, 0.05) is 23.7 Å². The largest absolute Gasteiger partial charge is 0.493 e. The topological polar surface area (TPSA) is 57.4 Å². The second-order valence-electron chi connectivity index (χ2n) is 6.33. The molecule has 3 atom stereocenters. The summed E-state index contributed by atoms with van der Waals surface area (Å²) in [7, 11) is 0. The molecule has 1 aromatic heterocycles. The van der Waals surface area contributed by atoms with E-state index in [1.54, 1.807) is 12.3 Å². The van der Waals surface area contributed by atoms with Crippen molar-refractivity contribution in [2.24, 2.45) is 5.92 Å². The summed E-state index contributed by atoms with van der Waals surface area (Å²) in [4.78, 5) is 4.05. The van der Waals surface area contributed by atoms with Crippen LogP contribution in [0, 0.1) is 11.7 Å². The second-order valence-corrected chi connectivity index (χ2v) is 6.33. The Balaban J connectivity index is 1.49. The van der Waals surface area contributed by atoms with E-state index in [1.807, 2.05) is 12.1 Å². The number of rotatable bonds is 4. The average molecular weight is 314 g/mol. The normalized spacial score (nSPS) is 25.7. The van der Waals surface area contributed by atoms with E-state index in [1.165, 1.54) is 12.1 Å². The van der Waals surface area contributed by atoms with Crippen LogP contribution in [0.3, 0.4) is 0 Å². The first-order valence-electron chi connectivity index (χ1n) is 7.98. The summed E-state index contributed by atoms with van der Waals surface area (Å²) >= 11 is 0. The lowest BCUT2D eigenvalue weighted by atomic mass is 9.90.